The Morgan fingerprint density at radius 1 is 1.24 bits per heavy atom. The van der Waals surface area contributed by atoms with Gasteiger partial charge in [0.15, 0.2) is 0 Å². The summed E-state index contributed by atoms with van der Waals surface area (Å²) in [4.78, 5) is 12.9. The Hall–Kier alpha value is -1.91. The van der Waals surface area contributed by atoms with E-state index in [2.05, 4.69) is 27.2 Å². The number of rotatable bonds is 5. The number of aromatic nitrogens is 4. The fraction of sp³-hybridized carbons (Fsp3) is 0.417. The van der Waals surface area contributed by atoms with Crippen molar-refractivity contribution in [1.29, 1.82) is 0 Å². The Labute approximate surface area is 101 Å². The molecule has 2 aromatic heterocycles. The van der Waals surface area contributed by atoms with Gasteiger partial charge in [0.25, 0.3) is 0 Å². The third-order valence-electron chi connectivity index (χ3n) is 2.41. The van der Waals surface area contributed by atoms with Crippen LogP contribution in [-0.2, 0) is 6.42 Å². The molecule has 0 spiro atoms. The van der Waals surface area contributed by atoms with Crippen LogP contribution in [0.1, 0.15) is 26.1 Å². The van der Waals surface area contributed by atoms with Crippen molar-refractivity contribution in [2.45, 2.75) is 26.7 Å². The standard InChI is InChI=1S/C12H17N5/c1-3-5-10-14-8-9-17(10)11-6-7-15-12(16-11)13-4-2/h6-9H,3-5H2,1-2H3,(H,13,15,16). The quantitative estimate of drug-likeness (QED) is 0.855. The average molecular weight is 231 g/mol. The van der Waals surface area contributed by atoms with Crippen LogP contribution in [-0.4, -0.2) is 26.1 Å². The van der Waals surface area contributed by atoms with Crippen molar-refractivity contribution in [3.8, 4) is 5.82 Å². The summed E-state index contributed by atoms with van der Waals surface area (Å²) in [5, 5.41) is 3.11. The molecule has 0 saturated heterocycles. The number of imidazole rings is 1. The average Bonchev–Trinajstić information content (AvgIpc) is 2.79. The Kier molecular flexibility index (Phi) is 3.69. The lowest BCUT2D eigenvalue weighted by molar-refractivity contribution is 0.796. The molecule has 5 nitrogen and oxygen atoms in total. The second-order valence-corrected chi connectivity index (χ2v) is 3.73. The van der Waals surface area contributed by atoms with Crippen LogP contribution in [0.25, 0.3) is 5.82 Å². The van der Waals surface area contributed by atoms with Gasteiger partial charge in [0.1, 0.15) is 11.6 Å². The summed E-state index contributed by atoms with van der Waals surface area (Å²) in [5.41, 5.74) is 0. The SMILES string of the molecule is CCCc1nccn1-c1ccnc(NCC)n1. The predicted octanol–water partition coefficient (Wildman–Crippen LogP) is 2.05. The lowest BCUT2D eigenvalue weighted by Gasteiger charge is -2.07. The number of hydrogen-bond acceptors (Lipinski definition) is 4. The molecule has 2 aromatic rings. The molecule has 90 valence electrons. The highest BCUT2D eigenvalue weighted by Crippen LogP contribution is 2.10. The van der Waals surface area contributed by atoms with Crippen molar-refractivity contribution < 1.29 is 0 Å². The smallest absolute Gasteiger partial charge is 0.224 e. The number of nitrogens with one attached hydrogen (secondary N) is 1. The van der Waals surface area contributed by atoms with E-state index in [4.69, 9.17) is 0 Å². The molecular formula is C12H17N5. The van der Waals surface area contributed by atoms with Crippen molar-refractivity contribution in [3.05, 3.63) is 30.5 Å². The lowest BCUT2D eigenvalue weighted by atomic mass is 10.3. The molecule has 0 unspecified atom stereocenters. The number of anilines is 1. The molecular weight excluding hydrogens is 214 g/mol. The first-order chi connectivity index (χ1) is 8.35. The second kappa shape index (κ2) is 5.43. The van der Waals surface area contributed by atoms with Gasteiger partial charge in [-0.1, -0.05) is 6.92 Å². The summed E-state index contributed by atoms with van der Waals surface area (Å²) < 4.78 is 2.01. The highest BCUT2D eigenvalue weighted by Gasteiger charge is 2.06. The molecule has 0 aliphatic heterocycles. The van der Waals surface area contributed by atoms with Gasteiger partial charge in [0.2, 0.25) is 5.95 Å². The molecule has 0 aliphatic carbocycles. The molecule has 5 heteroatoms. The fourth-order valence-corrected chi connectivity index (χ4v) is 1.68. The van der Waals surface area contributed by atoms with Crippen molar-refractivity contribution >= 4 is 5.95 Å². The van der Waals surface area contributed by atoms with Crippen LogP contribution in [0.5, 0.6) is 0 Å². The Bertz CT molecular complexity index is 477. The van der Waals surface area contributed by atoms with Crippen molar-refractivity contribution in [2.24, 2.45) is 0 Å². The molecule has 0 radical (unpaired) electrons. The van der Waals surface area contributed by atoms with Crippen molar-refractivity contribution in [3.63, 3.8) is 0 Å². The normalized spacial score (nSPS) is 10.5. The van der Waals surface area contributed by atoms with Crippen LogP contribution >= 0.6 is 0 Å². The summed E-state index contributed by atoms with van der Waals surface area (Å²) in [6.07, 6.45) is 7.52. The van der Waals surface area contributed by atoms with Gasteiger partial charge in [-0.15, -0.1) is 0 Å². The molecule has 1 N–H and O–H groups in total. The van der Waals surface area contributed by atoms with Gasteiger partial charge in [-0.3, -0.25) is 4.57 Å². The van der Waals surface area contributed by atoms with Gasteiger partial charge in [-0.05, 0) is 19.4 Å². The van der Waals surface area contributed by atoms with Crippen LogP contribution in [0.15, 0.2) is 24.7 Å². The molecule has 0 bridgehead atoms. The van der Waals surface area contributed by atoms with E-state index < -0.39 is 0 Å². The highest BCUT2D eigenvalue weighted by atomic mass is 15.2. The number of nitrogens with zero attached hydrogens (tertiary/aromatic N) is 4. The molecule has 17 heavy (non-hydrogen) atoms. The minimum Gasteiger partial charge on any atom is -0.354 e. The maximum atomic E-state index is 4.45. The topological polar surface area (TPSA) is 55.6 Å². The zero-order valence-corrected chi connectivity index (χ0v) is 10.2. The zero-order chi connectivity index (χ0) is 12.1. The molecule has 0 saturated carbocycles. The van der Waals surface area contributed by atoms with Crippen LogP contribution in [0.3, 0.4) is 0 Å². The van der Waals surface area contributed by atoms with Crippen LogP contribution in [0.4, 0.5) is 5.95 Å². The van der Waals surface area contributed by atoms with Gasteiger partial charge in [-0.2, -0.15) is 4.98 Å². The molecule has 0 amide bonds. The van der Waals surface area contributed by atoms with E-state index in [0.717, 1.165) is 31.0 Å². The van der Waals surface area contributed by atoms with E-state index >= 15 is 0 Å². The van der Waals surface area contributed by atoms with Gasteiger partial charge in [-0.25, -0.2) is 9.97 Å². The van der Waals surface area contributed by atoms with E-state index in [9.17, 15) is 0 Å². The second-order valence-electron chi connectivity index (χ2n) is 3.73. The molecule has 0 atom stereocenters. The van der Waals surface area contributed by atoms with Gasteiger partial charge < -0.3 is 5.32 Å². The maximum Gasteiger partial charge on any atom is 0.224 e. The van der Waals surface area contributed by atoms with Crippen molar-refractivity contribution in [1.82, 2.24) is 19.5 Å². The fourth-order valence-electron chi connectivity index (χ4n) is 1.68. The van der Waals surface area contributed by atoms with E-state index in [1.165, 1.54) is 0 Å². The summed E-state index contributed by atoms with van der Waals surface area (Å²) in [6.45, 7) is 4.98. The summed E-state index contributed by atoms with van der Waals surface area (Å²) in [7, 11) is 0. The molecule has 0 fully saturated rings. The van der Waals surface area contributed by atoms with E-state index in [1.54, 1.807) is 12.4 Å². The third kappa shape index (κ3) is 2.61. The monoisotopic (exact) mass is 231 g/mol. The maximum absolute atomic E-state index is 4.45. The third-order valence-corrected chi connectivity index (χ3v) is 2.41. The summed E-state index contributed by atoms with van der Waals surface area (Å²) in [5.74, 6) is 2.55. The molecule has 0 aliphatic rings. The zero-order valence-electron chi connectivity index (χ0n) is 10.2. The minimum absolute atomic E-state index is 0.654. The minimum atomic E-state index is 0.654. The van der Waals surface area contributed by atoms with Gasteiger partial charge in [0.05, 0.1) is 0 Å². The summed E-state index contributed by atoms with van der Waals surface area (Å²) >= 11 is 0. The largest absolute Gasteiger partial charge is 0.354 e. The highest BCUT2D eigenvalue weighted by molar-refractivity contribution is 5.32. The summed E-state index contributed by atoms with van der Waals surface area (Å²) in [6, 6.07) is 1.89. The molecule has 0 aromatic carbocycles. The Balaban J connectivity index is 2.31. The van der Waals surface area contributed by atoms with Gasteiger partial charge in [0, 0.05) is 31.6 Å². The van der Waals surface area contributed by atoms with Gasteiger partial charge >= 0.3 is 0 Å². The first kappa shape index (κ1) is 11.6. The van der Waals surface area contributed by atoms with Crippen LogP contribution < -0.4 is 5.32 Å². The van der Waals surface area contributed by atoms with E-state index in [-0.39, 0.29) is 0 Å². The van der Waals surface area contributed by atoms with Crippen LogP contribution in [0, 0.1) is 0 Å². The number of hydrogen-bond donors (Lipinski definition) is 1. The van der Waals surface area contributed by atoms with E-state index in [0.29, 0.717) is 5.95 Å². The molecule has 2 heterocycles. The first-order valence-corrected chi connectivity index (χ1v) is 5.94. The first-order valence-electron chi connectivity index (χ1n) is 5.94. The molecule has 2 rings (SSSR count). The Morgan fingerprint density at radius 2 is 2.12 bits per heavy atom. The van der Waals surface area contributed by atoms with Crippen LogP contribution in [0.2, 0.25) is 0 Å². The van der Waals surface area contributed by atoms with E-state index in [1.807, 2.05) is 23.8 Å². The lowest BCUT2D eigenvalue weighted by Crippen LogP contribution is -2.07. The number of aryl methyl sites for hydroxylation is 1. The van der Waals surface area contributed by atoms with Crippen molar-refractivity contribution in [2.75, 3.05) is 11.9 Å². The predicted molar refractivity (Wildman–Crippen MR) is 67.3 cm³/mol. The Morgan fingerprint density at radius 3 is 2.88 bits per heavy atom.